The summed E-state index contributed by atoms with van der Waals surface area (Å²) in [5.74, 6) is 0. The molecule has 0 spiro atoms. The minimum absolute atomic E-state index is 0.234. The van der Waals surface area contributed by atoms with Gasteiger partial charge in [0.15, 0.2) is 0 Å². The number of thioether (sulfide) groups is 1. The molecule has 0 fully saturated rings. The molecule has 0 aliphatic carbocycles. The van der Waals surface area contributed by atoms with Gasteiger partial charge in [-0.2, -0.15) is 0 Å². The second-order valence-electron chi connectivity index (χ2n) is 4.61. The van der Waals surface area contributed by atoms with E-state index < -0.39 is 0 Å². The van der Waals surface area contributed by atoms with Crippen LogP contribution in [0.5, 0.6) is 0 Å². The van der Waals surface area contributed by atoms with Crippen molar-refractivity contribution in [3.05, 3.63) is 59.7 Å². The predicted molar refractivity (Wildman–Crippen MR) is 80.7 cm³/mol. The molecule has 19 heavy (non-hydrogen) atoms. The number of ether oxygens (including phenoxy) is 1. The highest BCUT2D eigenvalue weighted by Crippen LogP contribution is 2.31. The van der Waals surface area contributed by atoms with Crippen molar-refractivity contribution in [1.29, 1.82) is 0 Å². The van der Waals surface area contributed by atoms with Crippen LogP contribution in [0.4, 0.5) is 5.69 Å². The lowest BCUT2D eigenvalue weighted by Crippen LogP contribution is -2.23. The fourth-order valence-electron chi connectivity index (χ4n) is 2.45. The molecule has 0 saturated carbocycles. The maximum atomic E-state index is 5.68. The van der Waals surface area contributed by atoms with E-state index in [0.717, 1.165) is 13.2 Å². The van der Waals surface area contributed by atoms with Gasteiger partial charge in [0.2, 0.25) is 0 Å². The van der Waals surface area contributed by atoms with Gasteiger partial charge in [0, 0.05) is 10.6 Å². The third kappa shape index (κ3) is 2.62. The van der Waals surface area contributed by atoms with Crippen molar-refractivity contribution >= 4 is 17.4 Å². The molecule has 1 N–H and O–H groups in total. The van der Waals surface area contributed by atoms with E-state index in [9.17, 15) is 0 Å². The molecule has 1 unspecified atom stereocenters. The van der Waals surface area contributed by atoms with Crippen LogP contribution >= 0.6 is 11.8 Å². The highest BCUT2D eigenvalue weighted by Gasteiger charge is 2.20. The van der Waals surface area contributed by atoms with E-state index in [1.807, 2.05) is 0 Å². The zero-order chi connectivity index (χ0) is 13.1. The van der Waals surface area contributed by atoms with Crippen LogP contribution in [0.3, 0.4) is 0 Å². The molecule has 0 amide bonds. The van der Waals surface area contributed by atoms with E-state index in [4.69, 9.17) is 4.74 Å². The van der Waals surface area contributed by atoms with Crippen LogP contribution in [0.15, 0.2) is 53.4 Å². The lowest BCUT2D eigenvalue weighted by atomic mass is 9.99. The summed E-state index contributed by atoms with van der Waals surface area (Å²) >= 11 is 1.76. The van der Waals surface area contributed by atoms with Crippen molar-refractivity contribution in [3.8, 4) is 0 Å². The number of para-hydroxylation sites is 1. The van der Waals surface area contributed by atoms with Gasteiger partial charge in [-0.05, 0) is 29.5 Å². The molecule has 0 saturated heterocycles. The Morgan fingerprint density at radius 3 is 2.79 bits per heavy atom. The van der Waals surface area contributed by atoms with Crippen LogP contribution in [-0.4, -0.2) is 12.9 Å². The van der Waals surface area contributed by atoms with E-state index in [-0.39, 0.29) is 6.04 Å². The molecule has 1 aliphatic rings. The average Bonchev–Trinajstić information content (AvgIpc) is 2.48. The number of rotatable bonds is 3. The minimum atomic E-state index is 0.234. The van der Waals surface area contributed by atoms with Gasteiger partial charge in [0.25, 0.3) is 0 Å². The van der Waals surface area contributed by atoms with Gasteiger partial charge in [-0.25, -0.2) is 0 Å². The van der Waals surface area contributed by atoms with Crippen LogP contribution < -0.4 is 5.32 Å². The van der Waals surface area contributed by atoms with Crippen LogP contribution in [-0.2, 0) is 11.3 Å². The summed E-state index contributed by atoms with van der Waals surface area (Å²) < 4.78 is 5.68. The summed E-state index contributed by atoms with van der Waals surface area (Å²) in [6.07, 6.45) is 2.10. The second-order valence-corrected chi connectivity index (χ2v) is 5.46. The van der Waals surface area contributed by atoms with Crippen LogP contribution in [0.1, 0.15) is 17.2 Å². The monoisotopic (exact) mass is 271 g/mol. The van der Waals surface area contributed by atoms with Crippen molar-refractivity contribution < 1.29 is 4.74 Å². The van der Waals surface area contributed by atoms with Gasteiger partial charge in [-0.1, -0.05) is 36.4 Å². The number of hydrogen-bond donors (Lipinski definition) is 1. The molecule has 98 valence electrons. The molecule has 0 radical (unpaired) electrons. The summed E-state index contributed by atoms with van der Waals surface area (Å²) in [6.45, 7) is 1.44. The molecule has 2 aromatic rings. The number of anilines is 1. The van der Waals surface area contributed by atoms with Gasteiger partial charge in [-0.3, -0.25) is 0 Å². The van der Waals surface area contributed by atoms with Crippen molar-refractivity contribution in [2.75, 3.05) is 18.2 Å². The third-order valence-electron chi connectivity index (χ3n) is 3.41. The first-order chi connectivity index (χ1) is 9.38. The topological polar surface area (TPSA) is 21.3 Å². The average molecular weight is 271 g/mol. The molecule has 2 nitrogen and oxygen atoms in total. The quantitative estimate of drug-likeness (QED) is 0.850. The molecule has 3 rings (SSSR count). The van der Waals surface area contributed by atoms with Gasteiger partial charge < -0.3 is 10.1 Å². The predicted octanol–water partition coefficient (Wildman–Crippen LogP) is 4.09. The van der Waals surface area contributed by atoms with Gasteiger partial charge in [0.05, 0.1) is 19.3 Å². The molecule has 0 bridgehead atoms. The minimum Gasteiger partial charge on any atom is -0.375 e. The smallest absolute Gasteiger partial charge is 0.0751 e. The lowest BCUT2D eigenvalue weighted by molar-refractivity contribution is 0.0969. The number of hydrogen-bond acceptors (Lipinski definition) is 3. The highest BCUT2D eigenvalue weighted by molar-refractivity contribution is 7.98. The van der Waals surface area contributed by atoms with Gasteiger partial charge in [-0.15, -0.1) is 11.8 Å². The van der Waals surface area contributed by atoms with E-state index in [0.29, 0.717) is 0 Å². The number of nitrogens with one attached hydrogen (secondary N) is 1. The Labute approximate surface area is 118 Å². The van der Waals surface area contributed by atoms with E-state index in [1.54, 1.807) is 11.8 Å². The number of benzene rings is 2. The lowest BCUT2D eigenvalue weighted by Gasteiger charge is -2.28. The Hall–Kier alpha value is -1.45. The molecule has 1 aliphatic heterocycles. The summed E-state index contributed by atoms with van der Waals surface area (Å²) in [7, 11) is 0. The summed E-state index contributed by atoms with van der Waals surface area (Å²) in [6, 6.07) is 17.1. The summed E-state index contributed by atoms with van der Waals surface area (Å²) in [4.78, 5) is 1.27. The fraction of sp³-hybridized carbons (Fsp3) is 0.250. The second kappa shape index (κ2) is 5.68. The molecule has 1 heterocycles. The Bertz CT molecular complexity index is 570. The maximum Gasteiger partial charge on any atom is 0.0751 e. The van der Waals surface area contributed by atoms with Crippen molar-refractivity contribution in [2.24, 2.45) is 0 Å². The first kappa shape index (κ1) is 12.6. The van der Waals surface area contributed by atoms with Gasteiger partial charge >= 0.3 is 0 Å². The molecule has 1 atom stereocenters. The molecule has 2 aromatic carbocycles. The van der Waals surface area contributed by atoms with Crippen LogP contribution in [0.25, 0.3) is 0 Å². The highest BCUT2D eigenvalue weighted by atomic mass is 32.2. The SMILES string of the molecule is CSc1ccccc1NC1COCc2ccccc21. The first-order valence-corrected chi connectivity index (χ1v) is 7.66. The fourth-order valence-corrected chi connectivity index (χ4v) is 3.01. The van der Waals surface area contributed by atoms with Gasteiger partial charge in [0.1, 0.15) is 0 Å². The van der Waals surface area contributed by atoms with E-state index in [2.05, 4.69) is 60.1 Å². The Balaban J connectivity index is 1.88. The molecular weight excluding hydrogens is 254 g/mol. The molecular formula is C16H17NOS. The Morgan fingerprint density at radius 2 is 1.89 bits per heavy atom. The van der Waals surface area contributed by atoms with Crippen LogP contribution in [0.2, 0.25) is 0 Å². The van der Waals surface area contributed by atoms with Crippen LogP contribution in [0, 0.1) is 0 Å². The van der Waals surface area contributed by atoms with Crippen molar-refractivity contribution in [1.82, 2.24) is 0 Å². The Morgan fingerprint density at radius 1 is 1.11 bits per heavy atom. The third-order valence-corrected chi connectivity index (χ3v) is 4.21. The first-order valence-electron chi connectivity index (χ1n) is 6.43. The van der Waals surface area contributed by atoms with E-state index in [1.165, 1.54) is 21.7 Å². The van der Waals surface area contributed by atoms with E-state index >= 15 is 0 Å². The zero-order valence-electron chi connectivity index (χ0n) is 10.9. The number of fused-ring (bicyclic) bond motifs is 1. The maximum absolute atomic E-state index is 5.68. The largest absolute Gasteiger partial charge is 0.375 e. The summed E-state index contributed by atoms with van der Waals surface area (Å²) in [5.41, 5.74) is 3.82. The molecule has 0 aromatic heterocycles. The van der Waals surface area contributed by atoms with Crippen molar-refractivity contribution in [2.45, 2.75) is 17.5 Å². The normalized spacial score (nSPS) is 17.8. The Kier molecular flexibility index (Phi) is 3.76. The van der Waals surface area contributed by atoms with Crippen molar-refractivity contribution in [3.63, 3.8) is 0 Å². The standard InChI is InChI=1S/C16H17NOS/c1-19-16-9-5-4-8-14(16)17-15-11-18-10-12-6-2-3-7-13(12)15/h2-9,15,17H,10-11H2,1H3. The summed E-state index contributed by atoms with van der Waals surface area (Å²) in [5, 5.41) is 3.61. The molecule has 3 heteroatoms. The zero-order valence-corrected chi connectivity index (χ0v) is 11.7.